The molecule has 0 bridgehead atoms. The minimum atomic E-state index is -1.26. The Balaban J connectivity index is 3.08. The van der Waals surface area contributed by atoms with Crippen LogP contribution in [0.15, 0.2) is 36.4 Å². The molecule has 0 aliphatic carbocycles. The summed E-state index contributed by atoms with van der Waals surface area (Å²) >= 11 is 0. The fourth-order valence-electron chi connectivity index (χ4n) is 2.02. The van der Waals surface area contributed by atoms with E-state index in [0.717, 1.165) is 5.56 Å². The highest BCUT2D eigenvalue weighted by atomic mass is 28.3. The zero-order chi connectivity index (χ0) is 13.1. The largest absolute Gasteiger partial charge is 0.295 e. The van der Waals surface area contributed by atoms with Crippen LogP contribution in [0.4, 0.5) is 0 Å². The Morgan fingerprint density at radius 1 is 1.18 bits per heavy atom. The number of hydrogen-bond donors (Lipinski definition) is 0. The lowest BCUT2D eigenvalue weighted by Gasteiger charge is -2.26. The van der Waals surface area contributed by atoms with E-state index in [9.17, 15) is 4.79 Å². The average Bonchev–Trinajstić information content (AvgIpc) is 2.24. The van der Waals surface area contributed by atoms with Crippen molar-refractivity contribution in [1.29, 1.82) is 0 Å². The Morgan fingerprint density at radius 3 is 2.06 bits per heavy atom. The monoisotopic (exact) mass is 246 g/mol. The third-order valence-corrected chi connectivity index (χ3v) is 5.39. The quantitative estimate of drug-likeness (QED) is 0.436. The van der Waals surface area contributed by atoms with Gasteiger partial charge in [-0.05, 0) is 25.0 Å². The van der Waals surface area contributed by atoms with E-state index in [1.165, 1.54) is 5.56 Å². The number of benzene rings is 1. The summed E-state index contributed by atoms with van der Waals surface area (Å²) in [5.74, 6) is 0.132. The average molecular weight is 246 g/mol. The number of ketones is 1. The van der Waals surface area contributed by atoms with Crippen molar-refractivity contribution >= 4 is 13.9 Å². The number of carbonyl (C=O) groups excluding carboxylic acids is 1. The highest BCUT2D eigenvalue weighted by molar-refractivity contribution is 6.78. The lowest BCUT2D eigenvalue weighted by atomic mass is 10.1. The normalized spacial score (nSPS) is 13.9. The predicted octanol–water partition coefficient (Wildman–Crippen LogP) is 4.43. The first-order chi connectivity index (χ1) is 7.86. The molecule has 0 N–H and O–H groups in total. The molecule has 0 heterocycles. The third-order valence-electron chi connectivity index (χ3n) is 2.99. The standard InChI is InChI=1S/C15H22OSi/c1-6-7-15(17(3,4)5)14-10-8-13(9-11-14)12(2)16/h6-11,15H,1-5H3/b7-6+/t15-/m1/s1. The van der Waals surface area contributed by atoms with E-state index in [1.54, 1.807) is 6.92 Å². The molecule has 1 aromatic rings. The van der Waals surface area contributed by atoms with E-state index in [0.29, 0.717) is 5.54 Å². The molecule has 0 aliphatic rings. The van der Waals surface area contributed by atoms with Crippen molar-refractivity contribution in [2.24, 2.45) is 0 Å². The van der Waals surface area contributed by atoms with Crippen LogP contribution in [0.2, 0.25) is 19.6 Å². The molecule has 1 aromatic carbocycles. The molecule has 1 atom stereocenters. The van der Waals surface area contributed by atoms with Crippen molar-refractivity contribution in [2.45, 2.75) is 39.0 Å². The summed E-state index contributed by atoms with van der Waals surface area (Å²) in [4.78, 5) is 11.2. The van der Waals surface area contributed by atoms with Crippen molar-refractivity contribution in [1.82, 2.24) is 0 Å². The van der Waals surface area contributed by atoms with Gasteiger partial charge < -0.3 is 0 Å². The summed E-state index contributed by atoms with van der Waals surface area (Å²) in [6, 6.07) is 8.07. The van der Waals surface area contributed by atoms with Crippen LogP contribution >= 0.6 is 0 Å². The molecule has 0 saturated carbocycles. The topological polar surface area (TPSA) is 17.1 Å². The van der Waals surface area contributed by atoms with E-state index < -0.39 is 8.07 Å². The summed E-state index contributed by atoms with van der Waals surface area (Å²) in [7, 11) is -1.26. The smallest absolute Gasteiger partial charge is 0.159 e. The van der Waals surface area contributed by atoms with Crippen molar-refractivity contribution in [2.75, 3.05) is 0 Å². The second-order valence-corrected chi connectivity index (χ2v) is 10.9. The van der Waals surface area contributed by atoms with Gasteiger partial charge in [-0.3, -0.25) is 4.79 Å². The summed E-state index contributed by atoms with van der Waals surface area (Å²) in [5.41, 5.74) is 2.64. The zero-order valence-electron chi connectivity index (χ0n) is 11.4. The molecule has 0 amide bonds. The van der Waals surface area contributed by atoms with E-state index in [1.807, 2.05) is 12.1 Å². The van der Waals surface area contributed by atoms with Gasteiger partial charge in [-0.2, -0.15) is 0 Å². The van der Waals surface area contributed by atoms with E-state index in [4.69, 9.17) is 0 Å². The van der Waals surface area contributed by atoms with Crippen LogP contribution in [0.25, 0.3) is 0 Å². The van der Waals surface area contributed by atoms with Gasteiger partial charge in [-0.15, -0.1) is 0 Å². The molecule has 1 nitrogen and oxygen atoms in total. The molecular formula is C15H22OSi. The molecule has 0 spiro atoms. The summed E-state index contributed by atoms with van der Waals surface area (Å²) in [6.07, 6.45) is 4.41. The molecule has 0 unspecified atom stereocenters. The molecule has 0 aromatic heterocycles. The van der Waals surface area contributed by atoms with Crippen molar-refractivity contribution in [3.8, 4) is 0 Å². The minimum Gasteiger partial charge on any atom is -0.295 e. The van der Waals surface area contributed by atoms with Crippen LogP contribution in [-0.4, -0.2) is 13.9 Å². The third kappa shape index (κ3) is 3.67. The van der Waals surface area contributed by atoms with Crippen molar-refractivity contribution in [3.05, 3.63) is 47.5 Å². The molecule has 0 radical (unpaired) electrons. The van der Waals surface area contributed by atoms with Gasteiger partial charge in [0.15, 0.2) is 5.78 Å². The van der Waals surface area contributed by atoms with Gasteiger partial charge in [-0.25, -0.2) is 0 Å². The number of rotatable bonds is 4. The van der Waals surface area contributed by atoms with Gasteiger partial charge in [-0.1, -0.05) is 56.1 Å². The highest BCUT2D eigenvalue weighted by Gasteiger charge is 2.25. The highest BCUT2D eigenvalue weighted by Crippen LogP contribution is 2.28. The van der Waals surface area contributed by atoms with Gasteiger partial charge >= 0.3 is 0 Å². The number of Topliss-reactive ketones (excluding diaryl/α,β-unsaturated/α-hetero) is 1. The SMILES string of the molecule is C/C=C/[C@H](c1ccc(C(C)=O)cc1)[Si](C)(C)C. The first-order valence-electron chi connectivity index (χ1n) is 6.10. The molecular weight excluding hydrogens is 224 g/mol. The Labute approximate surface area is 106 Å². The zero-order valence-corrected chi connectivity index (χ0v) is 12.4. The Kier molecular flexibility index (Phi) is 4.46. The van der Waals surface area contributed by atoms with E-state index in [-0.39, 0.29) is 5.78 Å². The summed E-state index contributed by atoms with van der Waals surface area (Å²) in [6.45, 7) is 10.8. The van der Waals surface area contributed by atoms with Gasteiger partial charge in [0.05, 0.1) is 8.07 Å². The van der Waals surface area contributed by atoms with Crippen LogP contribution in [0.5, 0.6) is 0 Å². The van der Waals surface area contributed by atoms with Gasteiger partial charge in [0.25, 0.3) is 0 Å². The first-order valence-corrected chi connectivity index (χ1v) is 9.67. The fraction of sp³-hybridized carbons (Fsp3) is 0.400. The molecule has 17 heavy (non-hydrogen) atoms. The Morgan fingerprint density at radius 2 is 1.71 bits per heavy atom. The van der Waals surface area contributed by atoms with E-state index >= 15 is 0 Å². The molecule has 0 aliphatic heterocycles. The van der Waals surface area contributed by atoms with Crippen molar-refractivity contribution < 1.29 is 4.79 Å². The maximum Gasteiger partial charge on any atom is 0.159 e. The van der Waals surface area contributed by atoms with Gasteiger partial charge in [0.2, 0.25) is 0 Å². The lowest BCUT2D eigenvalue weighted by molar-refractivity contribution is 0.101. The fourth-order valence-corrected chi connectivity index (χ4v) is 3.98. The summed E-state index contributed by atoms with van der Waals surface area (Å²) in [5, 5.41) is 0. The molecule has 0 fully saturated rings. The maximum absolute atomic E-state index is 11.2. The lowest BCUT2D eigenvalue weighted by Crippen LogP contribution is -2.29. The van der Waals surface area contributed by atoms with Crippen LogP contribution in [0.1, 0.15) is 35.3 Å². The van der Waals surface area contributed by atoms with Gasteiger partial charge in [0.1, 0.15) is 0 Å². The van der Waals surface area contributed by atoms with Crippen LogP contribution in [-0.2, 0) is 0 Å². The molecule has 92 valence electrons. The Bertz CT molecular complexity index is 410. The molecule has 2 heteroatoms. The van der Waals surface area contributed by atoms with Crippen LogP contribution in [0, 0.1) is 0 Å². The number of hydrogen-bond acceptors (Lipinski definition) is 1. The first kappa shape index (κ1) is 13.9. The van der Waals surface area contributed by atoms with E-state index in [2.05, 4.69) is 50.8 Å². The molecule has 1 rings (SSSR count). The molecule has 0 saturated heterocycles. The van der Waals surface area contributed by atoms with Crippen molar-refractivity contribution in [3.63, 3.8) is 0 Å². The summed E-state index contributed by atoms with van der Waals surface area (Å²) < 4.78 is 0. The number of allylic oxidation sites excluding steroid dienone is 2. The van der Waals surface area contributed by atoms with Crippen LogP contribution in [0.3, 0.4) is 0 Å². The number of carbonyl (C=O) groups is 1. The second kappa shape index (κ2) is 5.45. The predicted molar refractivity (Wildman–Crippen MR) is 77.3 cm³/mol. The van der Waals surface area contributed by atoms with Gasteiger partial charge in [0, 0.05) is 5.56 Å². The van der Waals surface area contributed by atoms with Crippen LogP contribution < -0.4 is 0 Å². The second-order valence-electron chi connectivity index (χ2n) is 5.55. The maximum atomic E-state index is 11.2. The minimum absolute atomic E-state index is 0.132. The Hall–Kier alpha value is -1.15.